The van der Waals surface area contributed by atoms with Gasteiger partial charge in [-0.2, -0.15) is 0 Å². The molecule has 0 spiro atoms. The van der Waals surface area contributed by atoms with Crippen LogP contribution in [0.15, 0.2) is 28.9 Å². The molecule has 1 saturated heterocycles. The van der Waals surface area contributed by atoms with Crippen molar-refractivity contribution < 1.29 is 4.42 Å². The lowest BCUT2D eigenvalue weighted by Gasteiger charge is -2.34. The van der Waals surface area contributed by atoms with Gasteiger partial charge in [-0.05, 0) is 37.9 Å². The van der Waals surface area contributed by atoms with Gasteiger partial charge < -0.3 is 4.42 Å². The predicted octanol–water partition coefficient (Wildman–Crippen LogP) is 2.47. The lowest BCUT2D eigenvalue weighted by Crippen LogP contribution is -2.38. The zero-order valence-electron chi connectivity index (χ0n) is 11.4. The Balaban J connectivity index is 1.48. The quantitative estimate of drug-likeness (QED) is 0.857. The summed E-state index contributed by atoms with van der Waals surface area (Å²) >= 11 is 0. The van der Waals surface area contributed by atoms with Crippen molar-refractivity contribution in [3.63, 3.8) is 0 Å². The maximum Gasteiger partial charge on any atom is 0.249 e. The number of aromatic nitrogens is 3. The van der Waals surface area contributed by atoms with Gasteiger partial charge in [0.05, 0.1) is 11.5 Å². The first-order chi connectivity index (χ1) is 9.90. The van der Waals surface area contributed by atoms with Crippen LogP contribution < -0.4 is 0 Å². The lowest BCUT2D eigenvalue weighted by atomic mass is 9.92. The molecule has 104 valence electrons. The molecule has 5 heteroatoms. The summed E-state index contributed by atoms with van der Waals surface area (Å²) in [5, 5.41) is 8.40. The van der Waals surface area contributed by atoms with Crippen LogP contribution in [-0.2, 0) is 0 Å². The van der Waals surface area contributed by atoms with Crippen molar-refractivity contribution in [2.45, 2.75) is 37.6 Å². The van der Waals surface area contributed by atoms with Gasteiger partial charge in [-0.3, -0.25) is 9.88 Å². The fraction of sp³-hybridized carbons (Fsp3) is 0.533. The molecule has 2 aliphatic rings. The fourth-order valence-electron chi connectivity index (χ4n) is 3.08. The first-order valence-corrected chi connectivity index (χ1v) is 7.38. The van der Waals surface area contributed by atoms with Crippen molar-refractivity contribution in [2.75, 3.05) is 13.1 Å². The first kappa shape index (κ1) is 12.0. The summed E-state index contributed by atoms with van der Waals surface area (Å²) in [6, 6.07) is 4.63. The van der Waals surface area contributed by atoms with E-state index in [1.165, 1.54) is 25.8 Å². The number of likely N-dealkylation sites (tertiary alicyclic amines) is 1. The monoisotopic (exact) mass is 270 g/mol. The van der Waals surface area contributed by atoms with Crippen molar-refractivity contribution in [1.82, 2.24) is 20.1 Å². The molecule has 5 nitrogen and oxygen atoms in total. The van der Waals surface area contributed by atoms with Gasteiger partial charge in [-0.25, -0.2) is 0 Å². The van der Waals surface area contributed by atoms with E-state index in [2.05, 4.69) is 20.1 Å². The second-order valence-electron chi connectivity index (χ2n) is 5.75. The van der Waals surface area contributed by atoms with E-state index >= 15 is 0 Å². The van der Waals surface area contributed by atoms with Gasteiger partial charge >= 0.3 is 0 Å². The van der Waals surface area contributed by atoms with Crippen molar-refractivity contribution in [2.24, 2.45) is 0 Å². The average Bonchev–Trinajstić information content (AvgIpc) is 3.06. The highest BCUT2D eigenvalue weighted by molar-refractivity contribution is 5.50. The normalized spacial score (nSPS) is 23.9. The van der Waals surface area contributed by atoms with Crippen LogP contribution in [0.25, 0.3) is 11.5 Å². The number of rotatable bonds is 3. The fourth-order valence-corrected chi connectivity index (χ4v) is 3.08. The molecule has 4 rings (SSSR count). The van der Waals surface area contributed by atoms with Gasteiger partial charge in [0.1, 0.15) is 0 Å². The molecule has 0 aromatic carbocycles. The topological polar surface area (TPSA) is 55.1 Å². The minimum Gasteiger partial charge on any atom is -0.420 e. The third-order valence-corrected chi connectivity index (χ3v) is 4.51. The summed E-state index contributed by atoms with van der Waals surface area (Å²) in [7, 11) is 0. The van der Waals surface area contributed by atoms with Crippen LogP contribution in [0, 0.1) is 0 Å². The Kier molecular flexibility index (Phi) is 2.99. The molecule has 0 radical (unpaired) electrons. The molecule has 0 amide bonds. The number of nitrogens with zero attached hydrogens (tertiary/aromatic N) is 4. The molecular weight excluding hydrogens is 252 g/mol. The van der Waals surface area contributed by atoms with Crippen LogP contribution in [0.3, 0.4) is 0 Å². The van der Waals surface area contributed by atoms with Gasteiger partial charge in [0.15, 0.2) is 0 Å². The largest absolute Gasteiger partial charge is 0.420 e. The van der Waals surface area contributed by atoms with Gasteiger partial charge in [0.25, 0.3) is 0 Å². The van der Waals surface area contributed by atoms with Crippen molar-refractivity contribution >= 4 is 0 Å². The van der Waals surface area contributed by atoms with E-state index in [0.717, 1.165) is 30.5 Å². The number of hydrogen-bond donors (Lipinski definition) is 0. The van der Waals surface area contributed by atoms with Crippen LogP contribution in [0.4, 0.5) is 0 Å². The van der Waals surface area contributed by atoms with Gasteiger partial charge in [-0.1, -0.05) is 6.42 Å². The Morgan fingerprint density at radius 1 is 1.20 bits per heavy atom. The van der Waals surface area contributed by atoms with E-state index in [4.69, 9.17) is 4.42 Å². The highest BCUT2D eigenvalue weighted by Crippen LogP contribution is 2.34. The van der Waals surface area contributed by atoms with E-state index < -0.39 is 0 Å². The molecule has 1 saturated carbocycles. The van der Waals surface area contributed by atoms with Crippen LogP contribution in [0.2, 0.25) is 0 Å². The summed E-state index contributed by atoms with van der Waals surface area (Å²) < 4.78 is 5.84. The molecule has 1 atom stereocenters. The summed E-state index contributed by atoms with van der Waals surface area (Å²) in [5.41, 5.74) is 0.889. The van der Waals surface area contributed by atoms with E-state index in [9.17, 15) is 0 Å². The molecule has 1 aliphatic heterocycles. The maximum atomic E-state index is 5.84. The summed E-state index contributed by atoms with van der Waals surface area (Å²) in [4.78, 5) is 6.67. The van der Waals surface area contributed by atoms with E-state index in [-0.39, 0.29) is 0 Å². The van der Waals surface area contributed by atoms with Crippen molar-refractivity contribution in [3.8, 4) is 11.5 Å². The smallest absolute Gasteiger partial charge is 0.249 e. The van der Waals surface area contributed by atoms with Crippen molar-refractivity contribution in [1.29, 1.82) is 0 Å². The van der Waals surface area contributed by atoms with Crippen LogP contribution in [0.1, 0.15) is 37.5 Å². The summed E-state index contributed by atoms with van der Waals surface area (Å²) in [5.74, 6) is 1.76. The van der Waals surface area contributed by atoms with E-state index in [1.807, 2.05) is 12.1 Å². The van der Waals surface area contributed by atoms with Crippen LogP contribution in [-0.4, -0.2) is 39.2 Å². The standard InChI is InChI=1S/C15H18N4O/c1-4-13(5-1)19-8-6-12(10-19)15-18-17-14(20-15)11-3-2-7-16-9-11/h2-3,7,9,12-13H,1,4-6,8,10H2. The molecule has 2 aromatic heterocycles. The van der Waals surface area contributed by atoms with Crippen molar-refractivity contribution in [3.05, 3.63) is 30.4 Å². The molecule has 2 aromatic rings. The minimum atomic E-state index is 0.397. The lowest BCUT2D eigenvalue weighted by molar-refractivity contribution is 0.156. The predicted molar refractivity (Wildman–Crippen MR) is 74.1 cm³/mol. The SMILES string of the molecule is c1cncc(-c2nnc(C3CCN(C4CCC4)C3)o2)c1. The van der Waals surface area contributed by atoms with Gasteiger partial charge in [0, 0.05) is 25.0 Å². The molecular formula is C15H18N4O. The van der Waals surface area contributed by atoms with Gasteiger partial charge in [-0.15, -0.1) is 10.2 Å². The minimum absolute atomic E-state index is 0.397. The highest BCUT2D eigenvalue weighted by Gasteiger charge is 2.34. The molecule has 3 heterocycles. The Morgan fingerprint density at radius 2 is 2.15 bits per heavy atom. The number of hydrogen-bond acceptors (Lipinski definition) is 5. The molecule has 20 heavy (non-hydrogen) atoms. The second kappa shape index (κ2) is 4.98. The average molecular weight is 270 g/mol. The summed E-state index contributed by atoms with van der Waals surface area (Å²) in [6.07, 6.45) is 8.73. The first-order valence-electron chi connectivity index (χ1n) is 7.38. The zero-order chi connectivity index (χ0) is 13.4. The van der Waals surface area contributed by atoms with E-state index in [0.29, 0.717) is 11.8 Å². The number of pyridine rings is 1. The summed E-state index contributed by atoms with van der Waals surface area (Å²) in [6.45, 7) is 2.24. The zero-order valence-corrected chi connectivity index (χ0v) is 11.4. The maximum absolute atomic E-state index is 5.84. The molecule has 1 unspecified atom stereocenters. The second-order valence-corrected chi connectivity index (χ2v) is 5.75. The van der Waals surface area contributed by atoms with E-state index in [1.54, 1.807) is 12.4 Å². The molecule has 2 fully saturated rings. The van der Waals surface area contributed by atoms with Gasteiger partial charge in [0.2, 0.25) is 11.8 Å². The molecule has 0 bridgehead atoms. The third-order valence-electron chi connectivity index (χ3n) is 4.51. The third kappa shape index (κ3) is 2.12. The Bertz CT molecular complexity index is 579. The molecule has 1 aliphatic carbocycles. The Labute approximate surface area is 118 Å². The highest BCUT2D eigenvalue weighted by atomic mass is 16.4. The Morgan fingerprint density at radius 3 is 2.90 bits per heavy atom. The molecule has 0 N–H and O–H groups in total. The van der Waals surface area contributed by atoms with Crippen LogP contribution >= 0.6 is 0 Å². The Hall–Kier alpha value is -1.75. The van der Waals surface area contributed by atoms with Crippen LogP contribution in [0.5, 0.6) is 0 Å².